The number of hydrogen-bond acceptors (Lipinski definition) is 3. The van der Waals surface area contributed by atoms with Crippen LogP contribution in [0.3, 0.4) is 0 Å². The Morgan fingerprint density at radius 1 is 1.00 bits per heavy atom. The van der Waals surface area contributed by atoms with Crippen LogP contribution in [0.5, 0.6) is 0 Å². The van der Waals surface area contributed by atoms with Crippen LogP contribution in [0.15, 0.2) is 42.7 Å². The first-order valence-electron chi connectivity index (χ1n) is 7.19. The van der Waals surface area contributed by atoms with Gasteiger partial charge in [0.15, 0.2) is 0 Å². The molecule has 110 valence electrons. The quantitative estimate of drug-likeness (QED) is 0.680. The molecule has 1 saturated heterocycles. The van der Waals surface area contributed by atoms with Gasteiger partial charge in [0.05, 0.1) is 22.6 Å². The average Bonchev–Trinajstić information content (AvgIpc) is 2.96. The lowest BCUT2D eigenvalue weighted by Crippen LogP contribution is -2.41. The lowest BCUT2D eigenvalue weighted by atomic mass is 9.79. The summed E-state index contributed by atoms with van der Waals surface area (Å²) in [4.78, 5) is 0. The molecule has 5 heteroatoms. The van der Waals surface area contributed by atoms with Crippen LogP contribution in [0.4, 0.5) is 5.69 Å². The van der Waals surface area contributed by atoms with Crippen LogP contribution < -0.4 is 11.2 Å². The summed E-state index contributed by atoms with van der Waals surface area (Å²) in [6.45, 7) is 8.18. The molecule has 3 rings (SSSR count). The second kappa shape index (κ2) is 4.65. The highest BCUT2D eigenvalue weighted by Gasteiger charge is 2.51. The molecule has 1 aromatic heterocycles. The number of aromatic nitrogens is 1. The van der Waals surface area contributed by atoms with Crippen LogP contribution in [0.25, 0.3) is 5.69 Å². The number of nitrogens with zero attached hydrogens (tertiary/aromatic N) is 1. The number of nitrogens with two attached hydrogens (primary N) is 1. The Kier molecular flexibility index (Phi) is 3.15. The zero-order valence-corrected chi connectivity index (χ0v) is 13.0. The van der Waals surface area contributed by atoms with Gasteiger partial charge in [-0.05, 0) is 57.4 Å². The van der Waals surface area contributed by atoms with E-state index in [4.69, 9.17) is 15.0 Å². The zero-order chi connectivity index (χ0) is 15.3. The highest BCUT2D eigenvalue weighted by atomic mass is 16.7. The fraction of sp³-hybridized carbons (Fsp3) is 0.375. The predicted octanol–water partition coefficient (Wildman–Crippen LogP) is 2.36. The van der Waals surface area contributed by atoms with Crippen LogP contribution in [0, 0.1) is 0 Å². The van der Waals surface area contributed by atoms with Crippen molar-refractivity contribution in [2.24, 2.45) is 0 Å². The first-order valence-corrected chi connectivity index (χ1v) is 7.19. The summed E-state index contributed by atoms with van der Waals surface area (Å²) in [7, 11) is -0.379. The van der Waals surface area contributed by atoms with E-state index in [1.165, 1.54) is 0 Å². The normalized spacial score (nSPS) is 19.9. The number of benzene rings is 1. The lowest BCUT2D eigenvalue weighted by molar-refractivity contribution is 0.00578. The molecule has 1 aromatic carbocycles. The molecule has 1 aliphatic rings. The average molecular weight is 284 g/mol. The smallest absolute Gasteiger partial charge is 0.399 e. The Morgan fingerprint density at radius 2 is 1.57 bits per heavy atom. The molecule has 21 heavy (non-hydrogen) atoms. The van der Waals surface area contributed by atoms with Crippen molar-refractivity contribution < 1.29 is 9.31 Å². The highest BCUT2D eigenvalue weighted by Crippen LogP contribution is 2.36. The first-order chi connectivity index (χ1) is 9.80. The molecule has 0 amide bonds. The number of nitrogen functional groups attached to an aromatic ring is 1. The molecule has 0 atom stereocenters. The SMILES string of the molecule is CC1(C)OB(c2ccc(-n3cccc3)c(N)c2)OC1(C)C. The summed E-state index contributed by atoms with van der Waals surface area (Å²) in [6.07, 6.45) is 3.94. The molecular weight excluding hydrogens is 263 g/mol. The van der Waals surface area contributed by atoms with Crippen molar-refractivity contribution in [1.29, 1.82) is 0 Å². The van der Waals surface area contributed by atoms with Crippen molar-refractivity contribution in [2.75, 3.05) is 5.73 Å². The van der Waals surface area contributed by atoms with E-state index in [0.717, 1.165) is 11.2 Å². The third kappa shape index (κ3) is 2.36. The van der Waals surface area contributed by atoms with E-state index in [9.17, 15) is 0 Å². The third-order valence-electron chi connectivity index (χ3n) is 4.46. The summed E-state index contributed by atoms with van der Waals surface area (Å²) in [5.41, 5.74) is 8.11. The molecule has 0 aliphatic carbocycles. The van der Waals surface area contributed by atoms with E-state index < -0.39 is 0 Å². The minimum atomic E-state index is -0.379. The molecule has 2 heterocycles. The lowest BCUT2D eigenvalue weighted by Gasteiger charge is -2.32. The molecule has 0 radical (unpaired) electrons. The molecule has 0 bridgehead atoms. The standard InChI is InChI=1S/C16H21BN2O2/c1-15(2)16(3,4)21-17(20-15)12-7-8-14(13(18)11-12)19-9-5-6-10-19/h5-11H,18H2,1-4H3. The van der Waals surface area contributed by atoms with E-state index in [1.54, 1.807) is 0 Å². The van der Waals surface area contributed by atoms with Gasteiger partial charge in [0.1, 0.15) is 0 Å². The summed E-state index contributed by atoms with van der Waals surface area (Å²) in [6, 6.07) is 9.88. The van der Waals surface area contributed by atoms with E-state index in [1.807, 2.05) is 75.0 Å². The Hall–Kier alpha value is -1.72. The predicted molar refractivity (Wildman–Crippen MR) is 85.9 cm³/mol. The van der Waals surface area contributed by atoms with Gasteiger partial charge in [-0.1, -0.05) is 6.07 Å². The molecular formula is C16H21BN2O2. The van der Waals surface area contributed by atoms with Crippen LogP contribution in [0.1, 0.15) is 27.7 Å². The van der Waals surface area contributed by atoms with Crippen molar-refractivity contribution in [1.82, 2.24) is 4.57 Å². The summed E-state index contributed by atoms with van der Waals surface area (Å²) in [5.74, 6) is 0. The second-order valence-electron chi connectivity index (χ2n) is 6.50. The second-order valence-corrected chi connectivity index (χ2v) is 6.50. The summed E-state index contributed by atoms with van der Waals surface area (Å²) < 4.78 is 14.1. The van der Waals surface area contributed by atoms with E-state index >= 15 is 0 Å². The maximum Gasteiger partial charge on any atom is 0.494 e. The van der Waals surface area contributed by atoms with Gasteiger partial charge in [-0.25, -0.2) is 0 Å². The molecule has 2 aromatic rings. The van der Waals surface area contributed by atoms with Gasteiger partial charge in [-0.2, -0.15) is 0 Å². The Morgan fingerprint density at radius 3 is 2.10 bits per heavy atom. The first kappa shape index (κ1) is 14.2. The van der Waals surface area contributed by atoms with Gasteiger partial charge in [0.25, 0.3) is 0 Å². The van der Waals surface area contributed by atoms with Crippen molar-refractivity contribution in [3.05, 3.63) is 42.7 Å². The number of hydrogen-bond donors (Lipinski definition) is 1. The maximum absolute atomic E-state index is 6.18. The van der Waals surface area contributed by atoms with Gasteiger partial charge in [0, 0.05) is 12.4 Å². The van der Waals surface area contributed by atoms with Crippen LogP contribution >= 0.6 is 0 Å². The maximum atomic E-state index is 6.18. The fourth-order valence-electron chi connectivity index (χ4n) is 2.43. The Bertz CT molecular complexity index is 634. The zero-order valence-electron chi connectivity index (χ0n) is 13.0. The largest absolute Gasteiger partial charge is 0.494 e. The topological polar surface area (TPSA) is 49.4 Å². The number of rotatable bonds is 2. The molecule has 1 aliphatic heterocycles. The van der Waals surface area contributed by atoms with Crippen LogP contribution in [-0.2, 0) is 9.31 Å². The molecule has 0 saturated carbocycles. The molecule has 4 nitrogen and oxygen atoms in total. The van der Waals surface area contributed by atoms with Crippen LogP contribution in [0.2, 0.25) is 0 Å². The minimum Gasteiger partial charge on any atom is -0.399 e. The van der Waals surface area contributed by atoms with Gasteiger partial charge in [-0.15, -0.1) is 0 Å². The van der Waals surface area contributed by atoms with Gasteiger partial charge < -0.3 is 19.6 Å². The summed E-state index contributed by atoms with van der Waals surface area (Å²) in [5, 5.41) is 0. The third-order valence-corrected chi connectivity index (χ3v) is 4.46. The monoisotopic (exact) mass is 284 g/mol. The Balaban J connectivity index is 1.90. The van der Waals surface area contributed by atoms with Gasteiger partial charge in [0.2, 0.25) is 0 Å². The molecule has 2 N–H and O–H groups in total. The fourth-order valence-corrected chi connectivity index (χ4v) is 2.43. The number of anilines is 1. The van der Waals surface area contributed by atoms with Crippen molar-refractivity contribution in [2.45, 2.75) is 38.9 Å². The van der Waals surface area contributed by atoms with E-state index in [0.29, 0.717) is 5.69 Å². The molecule has 1 fully saturated rings. The van der Waals surface area contributed by atoms with Gasteiger partial charge in [-0.3, -0.25) is 0 Å². The minimum absolute atomic E-state index is 0.342. The van der Waals surface area contributed by atoms with Crippen molar-refractivity contribution in [3.63, 3.8) is 0 Å². The van der Waals surface area contributed by atoms with E-state index in [-0.39, 0.29) is 18.3 Å². The van der Waals surface area contributed by atoms with Crippen LogP contribution in [-0.4, -0.2) is 22.9 Å². The van der Waals surface area contributed by atoms with E-state index in [2.05, 4.69) is 0 Å². The Labute approximate surface area is 126 Å². The highest BCUT2D eigenvalue weighted by molar-refractivity contribution is 6.62. The van der Waals surface area contributed by atoms with Crippen molar-refractivity contribution >= 4 is 18.3 Å². The van der Waals surface area contributed by atoms with Crippen molar-refractivity contribution in [3.8, 4) is 5.69 Å². The van der Waals surface area contributed by atoms with Gasteiger partial charge >= 0.3 is 7.12 Å². The molecule has 0 unspecified atom stereocenters. The summed E-state index contributed by atoms with van der Waals surface area (Å²) >= 11 is 0. The molecule has 0 spiro atoms.